The SMILES string of the molecule is CCn1c(=O)n(C[C@@H](O)c2ccc(F)cc2)c2ccccc21. The summed E-state index contributed by atoms with van der Waals surface area (Å²) >= 11 is 0. The number of fused-ring (bicyclic) bond motifs is 1. The Labute approximate surface area is 127 Å². The van der Waals surface area contributed by atoms with Crippen LogP contribution in [0, 0.1) is 5.82 Å². The molecular weight excluding hydrogens is 283 g/mol. The van der Waals surface area contributed by atoms with Crippen molar-refractivity contribution < 1.29 is 9.50 Å². The minimum absolute atomic E-state index is 0.137. The van der Waals surface area contributed by atoms with E-state index in [4.69, 9.17) is 0 Å². The molecular formula is C17H17FN2O2. The molecule has 114 valence electrons. The average molecular weight is 300 g/mol. The van der Waals surface area contributed by atoms with Crippen LogP contribution in [0.15, 0.2) is 53.3 Å². The molecule has 0 saturated carbocycles. The lowest BCUT2D eigenvalue weighted by atomic mass is 10.1. The lowest BCUT2D eigenvalue weighted by molar-refractivity contribution is 0.156. The van der Waals surface area contributed by atoms with E-state index in [1.807, 2.05) is 31.2 Å². The Balaban J connectivity index is 2.02. The minimum Gasteiger partial charge on any atom is -0.387 e. The highest BCUT2D eigenvalue weighted by Gasteiger charge is 2.16. The van der Waals surface area contributed by atoms with Crippen molar-refractivity contribution in [3.05, 3.63) is 70.4 Å². The highest BCUT2D eigenvalue weighted by atomic mass is 19.1. The van der Waals surface area contributed by atoms with Crippen molar-refractivity contribution in [1.29, 1.82) is 0 Å². The van der Waals surface area contributed by atoms with E-state index in [0.29, 0.717) is 12.1 Å². The number of rotatable bonds is 4. The molecule has 0 amide bonds. The number of nitrogens with zero attached hydrogens (tertiary/aromatic N) is 2. The molecule has 1 atom stereocenters. The number of hydrogen-bond donors (Lipinski definition) is 1. The summed E-state index contributed by atoms with van der Waals surface area (Å²) in [6, 6.07) is 13.2. The molecule has 1 heterocycles. The predicted molar refractivity (Wildman–Crippen MR) is 83.2 cm³/mol. The molecule has 0 fully saturated rings. The molecule has 0 unspecified atom stereocenters. The van der Waals surface area contributed by atoms with Gasteiger partial charge in [-0.25, -0.2) is 9.18 Å². The zero-order chi connectivity index (χ0) is 15.7. The monoisotopic (exact) mass is 300 g/mol. The average Bonchev–Trinajstić information content (AvgIpc) is 2.80. The van der Waals surface area contributed by atoms with Crippen LogP contribution in [0.4, 0.5) is 4.39 Å². The number of halogens is 1. The van der Waals surface area contributed by atoms with Gasteiger partial charge in [0.1, 0.15) is 5.82 Å². The van der Waals surface area contributed by atoms with Crippen LogP contribution in [0.3, 0.4) is 0 Å². The molecule has 0 radical (unpaired) electrons. The molecule has 0 aliphatic carbocycles. The van der Waals surface area contributed by atoms with Crippen molar-refractivity contribution in [2.24, 2.45) is 0 Å². The van der Waals surface area contributed by atoms with Crippen LogP contribution in [-0.2, 0) is 13.1 Å². The van der Waals surface area contributed by atoms with Gasteiger partial charge in [-0.3, -0.25) is 9.13 Å². The van der Waals surface area contributed by atoms with Gasteiger partial charge < -0.3 is 5.11 Å². The summed E-state index contributed by atoms with van der Waals surface area (Å²) in [5.74, 6) is -0.351. The second-order valence-electron chi connectivity index (χ2n) is 5.19. The van der Waals surface area contributed by atoms with Gasteiger partial charge in [-0.1, -0.05) is 24.3 Å². The molecule has 3 rings (SSSR count). The molecule has 5 heteroatoms. The molecule has 2 aromatic carbocycles. The Bertz CT molecular complexity index is 849. The third-order valence-corrected chi connectivity index (χ3v) is 3.85. The molecule has 1 aromatic heterocycles. The van der Waals surface area contributed by atoms with Gasteiger partial charge in [0.05, 0.1) is 23.7 Å². The summed E-state index contributed by atoms with van der Waals surface area (Å²) in [6.07, 6.45) is -0.866. The fourth-order valence-corrected chi connectivity index (χ4v) is 2.72. The van der Waals surface area contributed by atoms with E-state index in [-0.39, 0.29) is 18.1 Å². The number of imidazole rings is 1. The van der Waals surface area contributed by atoms with Crippen molar-refractivity contribution in [3.8, 4) is 0 Å². The Kier molecular flexibility index (Phi) is 3.81. The zero-order valence-corrected chi connectivity index (χ0v) is 12.2. The van der Waals surface area contributed by atoms with E-state index in [9.17, 15) is 14.3 Å². The van der Waals surface area contributed by atoms with E-state index in [2.05, 4.69) is 0 Å². The number of hydrogen-bond acceptors (Lipinski definition) is 2. The van der Waals surface area contributed by atoms with E-state index in [1.165, 1.54) is 24.3 Å². The molecule has 0 aliphatic heterocycles. The highest BCUT2D eigenvalue weighted by Crippen LogP contribution is 2.19. The summed E-state index contributed by atoms with van der Waals surface area (Å²) in [5.41, 5.74) is 2.07. The Hall–Kier alpha value is -2.40. The number of aliphatic hydroxyl groups is 1. The van der Waals surface area contributed by atoms with Crippen molar-refractivity contribution in [2.75, 3.05) is 0 Å². The van der Waals surface area contributed by atoms with Crippen LogP contribution >= 0.6 is 0 Å². The lowest BCUT2D eigenvalue weighted by Crippen LogP contribution is -2.26. The van der Waals surface area contributed by atoms with Crippen LogP contribution in [0.1, 0.15) is 18.6 Å². The summed E-state index contributed by atoms with van der Waals surface area (Å²) in [6.45, 7) is 2.62. The van der Waals surface area contributed by atoms with Gasteiger partial charge in [-0.2, -0.15) is 0 Å². The second kappa shape index (κ2) is 5.77. The first-order valence-electron chi connectivity index (χ1n) is 7.23. The minimum atomic E-state index is -0.866. The second-order valence-corrected chi connectivity index (χ2v) is 5.19. The quantitative estimate of drug-likeness (QED) is 0.805. The standard InChI is InChI=1S/C17H17FN2O2/c1-2-19-14-5-3-4-6-15(14)20(17(19)22)11-16(21)12-7-9-13(18)10-8-12/h3-10,16,21H,2,11H2,1H3/t16-/m1/s1. The molecule has 1 N–H and O–H groups in total. The van der Waals surface area contributed by atoms with Gasteiger partial charge in [0.15, 0.2) is 0 Å². The summed E-state index contributed by atoms with van der Waals surface area (Å²) in [4.78, 5) is 12.5. The molecule has 22 heavy (non-hydrogen) atoms. The van der Waals surface area contributed by atoms with Gasteiger partial charge in [0.25, 0.3) is 0 Å². The number of aromatic nitrogens is 2. The van der Waals surface area contributed by atoms with Crippen LogP contribution in [-0.4, -0.2) is 14.2 Å². The first kappa shape index (κ1) is 14.5. The van der Waals surface area contributed by atoms with E-state index in [1.54, 1.807) is 9.13 Å². The first-order chi connectivity index (χ1) is 10.6. The molecule has 0 saturated heterocycles. The van der Waals surface area contributed by atoms with Gasteiger partial charge in [-0.05, 0) is 36.8 Å². The highest BCUT2D eigenvalue weighted by molar-refractivity contribution is 5.76. The third-order valence-electron chi connectivity index (χ3n) is 3.85. The van der Waals surface area contributed by atoms with Gasteiger partial charge in [0, 0.05) is 6.54 Å². The largest absolute Gasteiger partial charge is 0.387 e. The maximum absolute atomic E-state index is 13.0. The number of aliphatic hydroxyl groups excluding tert-OH is 1. The molecule has 3 aromatic rings. The Morgan fingerprint density at radius 2 is 1.64 bits per heavy atom. The van der Waals surface area contributed by atoms with Crippen LogP contribution in [0.5, 0.6) is 0 Å². The summed E-state index contributed by atoms with van der Waals surface area (Å²) in [5, 5.41) is 10.3. The van der Waals surface area contributed by atoms with E-state index in [0.717, 1.165) is 11.0 Å². The number of benzene rings is 2. The van der Waals surface area contributed by atoms with Crippen LogP contribution in [0.2, 0.25) is 0 Å². The summed E-state index contributed by atoms with van der Waals surface area (Å²) < 4.78 is 16.2. The number of aryl methyl sites for hydroxylation is 1. The van der Waals surface area contributed by atoms with Crippen molar-refractivity contribution in [1.82, 2.24) is 9.13 Å². The topological polar surface area (TPSA) is 47.2 Å². The van der Waals surface area contributed by atoms with Crippen molar-refractivity contribution in [2.45, 2.75) is 26.1 Å². The van der Waals surface area contributed by atoms with Crippen molar-refractivity contribution >= 4 is 11.0 Å². The zero-order valence-electron chi connectivity index (χ0n) is 12.2. The maximum atomic E-state index is 13.0. The smallest absolute Gasteiger partial charge is 0.329 e. The van der Waals surface area contributed by atoms with Gasteiger partial charge in [-0.15, -0.1) is 0 Å². The fourth-order valence-electron chi connectivity index (χ4n) is 2.72. The first-order valence-corrected chi connectivity index (χ1v) is 7.23. The van der Waals surface area contributed by atoms with Gasteiger partial charge >= 0.3 is 5.69 Å². The summed E-state index contributed by atoms with van der Waals surface area (Å²) in [7, 11) is 0. The fraction of sp³-hybridized carbons (Fsp3) is 0.235. The molecule has 4 nitrogen and oxygen atoms in total. The van der Waals surface area contributed by atoms with Crippen LogP contribution in [0.25, 0.3) is 11.0 Å². The maximum Gasteiger partial charge on any atom is 0.329 e. The molecule has 0 aliphatic rings. The predicted octanol–water partition coefficient (Wildman–Crippen LogP) is 2.70. The van der Waals surface area contributed by atoms with Crippen LogP contribution < -0.4 is 5.69 Å². The Morgan fingerprint density at radius 3 is 2.23 bits per heavy atom. The van der Waals surface area contributed by atoms with E-state index >= 15 is 0 Å². The van der Waals surface area contributed by atoms with Crippen molar-refractivity contribution in [3.63, 3.8) is 0 Å². The normalized spacial score (nSPS) is 12.7. The van der Waals surface area contributed by atoms with E-state index < -0.39 is 6.10 Å². The lowest BCUT2D eigenvalue weighted by Gasteiger charge is -2.12. The number of para-hydroxylation sites is 2. The third kappa shape index (κ3) is 2.44. The molecule has 0 bridgehead atoms. The molecule has 0 spiro atoms. The Morgan fingerprint density at radius 1 is 1.05 bits per heavy atom. The van der Waals surface area contributed by atoms with Gasteiger partial charge in [0.2, 0.25) is 0 Å².